The highest BCUT2D eigenvalue weighted by atomic mass is 32.2. The van der Waals surface area contributed by atoms with Crippen LogP contribution in [0, 0.1) is 0 Å². The molecule has 0 bridgehead atoms. The molecule has 1 aliphatic heterocycles. The van der Waals surface area contributed by atoms with Crippen molar-refractivity contribution >= 4 is 10.0 Å². The van der Waals surface area contributed by atoms with Gasteiger partial charge in [0.2, 0.25) is 10.0 Å². The molecule has 7 nitrogen and oxygen atoms in total. The van der Waals surface area contributed by atoms with Crippen LogP contribution in [0.2, 0.25) is 0 Å². The Morgan fingerprint density at radius 1 is 1.40 bits per heavy atom. The van der Waals surface area contributed by atoms with Crippen molar-refractivity contribution in [3.8, 4) is 0 Å². The summed E-state index contributed by atoms with van der Waals surface area (Å²) in [4.78, 5) is 0. The number of ether oxygens (including phenoxy) is 1. The zero-order chi connectivity index (χ0) is 11.6. The number of rotatable bonds is 3. The van der Waals surface area contributed by atoms with E-state index in [1.165, 1.54) is 0 Å². The van der Waals surface area contributed by atoms with E-state index >= 15 is 0 Å². The lowest BCUT2D eigenvalue weighted by molar-refractivity contribution is -0.158. The van der Waals surface area contributed by atoms with Crippen molar-refractivity contribution in [2.45, 2.75) is 24.4 Å². The molecule has 0 radical (unpaired) electrons. The van der Waals surface area contributed by atoms with Crippen molar-refractivity contribution in [3.05, 3.63) is 0 Å². The van der Waals surface area contributed by atoms with Gasteiger partial charge in [-0.25, -0.2) is 13.1 Å². The highest BCUT2D eigenvalue weighted by molar-refractivity contribution is 7.88. The van der Waals surface area contributed by atoms with Gasteiger partial charge in [-0.1, -0.05) is 0 Å². The molecule has 0 saturated carbocycles. The van der Waals surface area contributed by atoms with Crippen LogP contribution in [0.25, 0.3) is 0 Å². The minimum absolute atomic E-state index is 0.0868. The van der Waals surface area contributed by atoms with Crippen LogP contribution in [0.1, 0.15) is 0 Å². The Hall–Kier alpha value is -0.250. The Morgan fingerprint density at radius 2 is 2.00 bits per heavy atom. The zero-order valence-corrected chi connectivity index (χ0v) is 9.01. The van der Waals surface area contributed by atoms with E-state index in [0.29, 0.717) is 0 Å². The third-order valence-corrected chi connectivity index (χ3v) is 2.91. The van der Waals surface area contributed by atoms with Gasteiger partial charge in [0, 0.05) is 0 Å². The summed E-state index contributed by atoms with van der Waals surface area (Å²) in [6.45, 7) is -0.514. The molecule has 4 atom stereocenters. The molecule has 1 fully saturated rings. The molecular formula is C7H15NO6S. The molecule has 0 aliphatic carbocycles. The van der Waals surface area contributed by atoms with E-state index in [1.807, 2.05) is 0 Å². The second kappa shape index (κ2) is 4.73. The molecule has 1 saturated heterocycles. The first-order valence-corrected chi connectivity index (χ1v) is 6.30. The van der Waals surface area contributed by atoms with Crippen LogP contribution in [0.15, 0.2) is 0 Å². The maximum absolute atomic E-state index is 10.9. The summed E-state index contributed by atoms with van der Waals surface area (Å²) in [6, 6.07) is -0.891. The second-order valence-electron chi connectivity index (χ2n) is 3.53. The molecule has 1 aliphatic rings. The predicted molar refractivity (Wildman–Crippen MR) is 50.6 cm³/mol. The van der Waals surface area contributed by atoms with Gasteiger partial charge in [0.05, 0.1) is 25.5 Å². The molecule has 15 heavy (non-hydrogen) atoms. The summed E-state index contributed by atoms with van der Waals surface area (Å²) in [6.07, 6.45) is -2.52. The number of hydrogen-bond donors (Lipinski definition) is 4. The van der Waals surface area contributed by atoms with Crippen molar-refractivity contribution in [1.82, 2.24) is 4.72 Å². The number of aliphatic hydroxyl groups excluding tert-OH is 3. The van der Waals surface area contributed by atoms with Crippen molar-refractivity contribution in [2.24, 2.45) is 0 Å². The van der Waals surface area contributed by atoms with Gasteiger partial charge in [0.1, 0.15) is 18.3 Å². The van der Waals surface area contributed by atoms with Crippen LogP contribution in [0.5, 0.6) is 0 Å². The molecule has 8 heteroatoms. The number of sulfonamides is 1. The normalized spacial score (nSPS) is 37.9. The molecule has 1 heterocycles. The van der Waals surface area contributed by atoms with E-state index in [-0.39, 0.29) is 6.61 Å². The number of hydrogen-bond acceptors (Lipinski definition) is 6. The van der Waals surface area contributed by atoms with E-state index in [4.69, 9.17) is 9.84 Å². The van der Waals surface area contributed by atoms with Crippen molar-refractivity contribution < 1.29 is 28.5 Å². The summed E-state index contributed by atoms with van der Waals surface area (Å²) in [5, 5.41) is 27.7. The van der Waals surface area contributed by atoms with Gasteiger partial charge in [-0.2, -0.15) is 0 Å². The molecule has 90 valence electrons. The Balaban J connectivity index is 2.64. The summed E-state index contributed by atoms with van der Waals surface area (Å²) in [7, 11) is -3.47. The molecule has 0 spiro atoms. The lowest BCUT2D eigenvalue weighted by Crippen LogP contribution is -2.59. The quantitative estimate of drug-likeness (QED) is 0.419. The van der Waals surface area contributed by atoms with Crippen LogP contribution in [0.3, 0.4) is 0 Å². The van der Waals surface area contributed by atoms with Crippen LogP contribution >= 0.6 is 0 Å². The largest absolute Gasteiger partial charge is 0.394 e. The average Bonchev–Trinajstić information content (AvgIpc) is 2.11. The second-order valence-corrected chi connectivity index (χ2v) is 5.31. The number of nitrogens with one attached hydrogen (secondary N) is 1. The fourth-order valence-electron chi connectivity index (χ4n) is 1.42. The summed E-state index contributed by atoms with van der Waals surface area (Å²) in [5.41, 5.74) is 0. The summed E-state index contributed by atoms with van der Waals surface area (Å²) < 4.78 is 28.9. The van der Waals surface area contributed by atoms with Gasteiger partial charge in [-0.05, 0) is 0 Å². The van der Waals surface area contributed by atoms with E-state index in [9.17, 15) is 18.6 Å². The van der Waals surface area contributed by atoms with Gasteiger partial charge in [-0.3, -0.25) is 0 Å². The molecule has 0 amide bonds. The first-order chi connectivity index (χ1) is 6.85. The Morgan fingerprint density at radius 3 is 2.47 bits per heavy atom. The average molecular weight is 241 g/mol. The van der Waals surface area contributed by atoms with Crippen LogP contribution in [-0.2, 0) is 14.8 Å². The van der Waals surface area contributed by atoms with Gasteiger partial charge >= 0.3 is 0 Å². The summed E-state index contributed by atoms with van der Waals surface area (Å²) >= 11 is 0. The third kappa shape index (κ3) is 3.37. The van der Waals surface area contributed by atoms with Crippen LogP contribution in [-0.4, -0.2) is 67.6 Å². The SMILES string of the molecule is CS(=O)(=O)N[C@@H]1CO[C@H](CO)[C@H](O)[C@@H]1O. The number of aliphatic hydroxyl groups is 3. The fourth-order valence-corrected chi connectivity index (χ4v) is 2.18. The predicted octanol–water partition coefficient (Wildman–Crippen LogP) is -2.98. The minimum Gasteiger partial charge on any atom is -0.394 e. The smallest absolute Gasteiger partial charge is 0.209 e. The molecule has 4 N–H and O–H groups in total. The topological polar surface area (TPSA) is 116 Å². The standard InChI is InChI=1S/C7H15NO6S/c1-15(12,13)8-4-3-14-5(2-9)7(11)6(4)10/h4-11H,2-3H2,1H3/t4-,5-,6-,7+/m1/s1. The maximum Gasteiger partial charge on any atom is 0.209 e. The molecular weight excluding hydrogens is 226 g/mol. The Labute approximate surface area is 87.7 Å². The zero-order valence-electron chi connectivity index (χ0n) is 8.20. The Bertz CT molecular complexity index is 305. The third-order valence-electron chi connectivity index (χ3n) is 2.18. The molecule has 0 aromatic heterocycles. The highest BCUT2D eigenvalue weighted by Gasteiger charge is 2.39. The molecule has 0 aromatic carbocycles. The van der Waals surface area contributed by atoms with Crippen molar-refractivity contribution in [1.29, 1.82) is 0 Å². The van der Waals surface area contributed by atoms with E-state index in [2.05, 4.69) is 4.72 Å². The molecule has 0 aromatic rings. The van der Waals surface area contributed by atoms with Gasteiger partial charge < -0.3 is 20.1 Å². The minimum atomic E-state index is -3.47. The summed E-state index contributed by atoms with van der Waals surface area (Å²) in [5.74, 6) is 0. The molecule has 0 unspecified atom stereocenters. The monoisotopic (exact) mass is 241 g/mol. The van der Waals surface area contributed by atoms with Crippen molar-refractivity contribution in [2.75, 3.05) is 19.5 Å². The highest BCUT2D eigenvalue weighted by Crippen LogP contribution is 2.15. The van der Waals surface area contributed by atoms with Gasteiger partial charge in [0.15, 0.2) is 0 Å². The van der Waals surface area contributed by atoms with Gasteiger partial charge in [-0.15, -0.1) is 0 Å². The van der Waals surface area contributed by atoms with E-state index < -0.39 is 41.0 Å². The first kappa shape index (κ1) is 12.8. The lowest BCUT2D eigenvalue weighted by atomic mass is 9.99. The fraction of sp³-hybridized carbons (Fsp3) is 1.00. The van der Waals surface area contributed by atoms with Crippen LogP contribution in [0.4, 0.5) is 0 Å². The van der Waals surface area contributed by atoms with E-state index in [0.717, 1.165) is 6.26 Å². The molecule has 1 rings (SSSR count). The first-order valence-electron chi connectivity index (χ1n) is 4.41. The maximum atomic E-state index is 10.9. The van der Waals surface area contributed by atoms with Crippen LogP contribution < -0.4 is 4.72 Å². The lowest BCUT2D eigenvalue weighted by Gasteiger charge is -2.36. The Kier molecular flexibility index (Phi) is 4.04. The van der Waals surface area contributed by atoms with Gasteiger partial charge in [0.25, 0.3) is 0 Å². The van der Waals surface area contributed by atoms with E-state index in [1.54, 1.807) is 0 Å². The van der Waals surface area contributed by atoms with Crippen molar-refractivity contribution in [3.63, 3.8) is 0 Å².